The minimum absolute atomic E-state index is 0. The maximum absolute atomic E-state index is 11.8. The Balaban J connectivity index is 0.00000300. The number of nitrogens with one attached hydrogen (secondary N) is 2. The van der Waals surface area contributed by atoms with E-state index in [1.165, 1.54) is 16.7 Å². The van der Waals surface area contributed by atoms with Gasteiger partial charge in [-0.2, -0.15) is 5.10 Å². The van der Waals surface area contributed by atoms with Crippen molar-refractivity contribution in [2.24, 2.45) is 12.0 Å². The van der Waals surface area contributed by atoms with Gasteiger partial charge in [-0.15, -0.1) is 24.0 Å². The third kappa shape index (κ3) is 5.94. The summed E-state index contributed by atoms with van der Waals surface area (Å²) < 4.78 is 1.90. The molecule has 0 bridgehead atoms. The summed E-state index contributed by atoms with van der Waals surface area (Å²) in [6, 6.07) is 8.40. The number of rotatable bonds is 6. The van der Waals surface area contributed by atoms with Crippen molar-refractivity contribution in [3.05, 3.63) is 52.3 Å². The van der Waals surface area contributed by atoms with Crippen molar-refractivity contribution >= 4 is 35.8 Å². The van der Waals surface area contributed by atoms with Gasteiger partial charge in [-0.3, -0.25) is 14.5 Å². The third-order valence-electron chi connectivity index (χ3n) is 5.34. The van der Waals surface area contributed by atoms with Crippen LogP contribution in [-0.4, -0.2) is 40.1 Å². The lowest BCUT2D eigenvalue weighted by atomic mass is 10.1. The monoisotopic (exact) mass is 510 g/mol. The number of aromatic nitrogens is 2. The summed E-state index contributed by atoms with van der Waals surface area (Å²) in [5.41, 5.74) is 5.74. The number of carbonyl (C=O) groups is 1. The maximum Gasteiger partial charge on any atom is 0.222 e. The summed E-state index contributed by atoms with van der Waals surface area (Å²) in [6.07, 6.45) is 1.66. The Morgan fingerprint density at radius 1 is 1.14 bits per heavy atom. The average molecular weight is 510 g/mol. The number of benzene rings is 1. The topological polar surface area (TPSA) is 74.6 Å². The molecule has 0 aliphatic carbocycles. The molecular formula is C21H31IN6O. The second-order valence-electron chi connectivity index (χ2n) is 7.29. The van der Waals surface area contributed by atoms with Gasteiger partial charge in [0.1, 0.15) is 0 Å². The van der Waals surface area contributed by atoms with E-state index in [1.807, 2.05) is 23.6 Å². The van der Waals surface area contributed by atoms with Gasteiger partial charge in [-0.25, -0.2) is 0 Å². The van der Waals surface area contributed by atoms with Gasteiger partial charge in [-0.05, 0) is 31.4 Å². The number of halogens is 1. The van der Waals surface area contributed by atoms with E-state index in [9.17, 15) is 4.79 Å². The molecule has 0 spiro atoms. The van der Waals surface area contributed by atoms with Gasteiger partial charge in [0.05, 0.1) is 5.69 Å². The van der Waals surface area contributed by atoms with Gasteiger partial charge in [0.15, 0.2) is 5.96 Å². The van der Waals surface area contributed by atoms with Crippen LogP contribution in [0.25, 0.3) is 0 Å². The molecular weight excluding hydrogens is 479 g/mol. The molecule has 0 radical (unpaired) electrons. The van der Waals surface area contributed by atoms with Gasteiger partial charge >= 0.3 is 0 Å². The Kier molecular flexibility index (Phi) is 8.48. The van der Waals surface area contributed by atoms with Crippen molar-refractivity contribution in [3.63, 3.8) is 0 Å². The first-order valence-electron chi connectivity index (χ1n) is 9.77. The highest BCUT2D eigenvalue weighted by atomic mass is 127. The molecule has 1 amide bonds. The average Bonchev–Trinajstić information content (AvgIpc) is 3.19. The number of hydrogen-bond donors (Lipinski definition) is 2. The second kappa shape index (κ2) is 10.6. The first kappa shape index (κ1) is 23.2. The number of carbonyl (C=O) groups excluding carboxylic acids is 1. The van der Waals surface area contributed by atoms with Crippen LogP contribution in [-0.2, 0) is 31.5 Å². The molecule has 0 unspecified atom stereocenters. The fourth-order valence-electron chi connectivity index (χ4n) is 3.51. The Labute approximate surface area is 190 Å². The second-order valence-corrected chi connectivity index (χ2v) is 7.29. The molecule has 1 aromatic carbocycles. The summed E-state index contributed by atoms with van der Waals surface area (Å²) in [4.78, 5) is 18.0. The van der Waals surface area contributed by atoms with Crippen LogP contribution in [0.5, 0.6) is 0 Å². The molecule has 2 aromatic rings. The zero-order chi connectivity index (χ0) is 20.1. The molecule has 7 nitrogen and oxygen atoms in total. The van der Waals surface area contributed by atoms with Crippen LogP contribution in [0, 0.1) is 13.8 Å². The van der Waals surface area contributed by atoms with Gasteiger partial charge in [-0.1, -0.05) is 24.3 Å². The van der Waals surface area contributed by atoms with Crippen LogP contribution in [0.3, 0.4) is 0 Å². The van der Waals surface area contributed by atoms with Gasteiger partial charge in [0.2, 0.25) is 5.91 Å². The zero-order valence-corrected chi connectivity index (χ0v) is 20.0. The van der Waals surface area contributed by atoms with E-state index in [2.05, 4.69) is 51.9 Å². The van der Waals surface area contributed by atoms with Crippen LogP contribution in [0.2, 0.25) is 0 Å². The third-order valence-corrected chi connectivity index (χ3v) is 5.34. The van der Waals surface area contributed by atoms with E-state index in [-0.39, 0.29) is 29.9 Å². The van der Waals surface area contributed by atoms with Gasteiger partial charge < -0.3 is 15.5 Å². The Bertz CT molecular complexity index is 859. The molecule has 1 aromatic heterocycles. The fourth-order valence-corrected chi connectivity index (χ4v) is 3.51. The number of amides is 1. The predicted molar refractivity (Wildman–Crippen MR) is 126 cm³/mol. The first-order chi connectivity index (χ1) is 13.5. The number of nitrogens with zero attached hydrogens (tertiary/aromatic N) is 4. The molecule has 1 aliphatic heterocycles. The number of guanidine groups is 1. The van der Waals surface area contributed by atoms with Crippen molar-refractivity contribution in [2.45, 2.75) is 46.3 Å². The lowest BCUT2D eigenvalue weighted by Gasteiger charge is -2.16. The highest BCUT2D eigenvalue weighted by Crippen LogP contribution is 2.15. The zero-order valence-electron chi connectivity index (χ0n) is 17.7. The summed E-state index contributed by atoms with van der Waals surface area (Å²) in [7, 11) is 3.73. The lowest BCUT2D eigenvalue weighted by molar-refractivity contribution is -0.128. The van der Waals surface area contributed by atoms with Crippen molar-refractivity contribution in [1.82, 2.24) is 25.3 Å². The van der Waals surface area contributed by atoms with E-state index >= 15 is 0 Å². The smallest absolute Gasteiger partial charge is 0.222 e. The highest BCUT2D eigenvalue weighted by Gasteiger charge is 2.19. The first-order valence-corrected chi connectivity index (χ1v) is 9.77. The summed E-state index contributed by atoms with van der Waals surface area (Å²) >= 11 is 0. The molecule has 0 atom stereocenters. The van der Waals surface area contributed by atoms with Crippen LogP contribution >= 0.6 is 24.0 Å². The van der Waals surface area contributed by atoms with E-state index in [4.69, 9.17) is 0 Å². The van der Waals surface area contributed by atoms with Gasteiger partial charge in [0, 0.05) is 58.0 Å². The van der Waals surface area contributed by atoms with E-state index in [1.54, 1.807) is 7.05 Å². The summed E-state index contributed by atoms with van der Waals surface area (Å²) in [5.74, 6) is 1.02. The van der Waals surface area contributed by atoms with E-state index in [0.717, 1.165) is 30.3 Å². The SMILES string of the molecule is CN=C(NCc1ccc(CN2CCCC2=O)cc1)NCc1c(C)nn(C)c1C.I. The van der Waals surface area contributed by atoms with Crippen LogP contribution in [0.4, 0.5) is 0 Å². The molecule has 1 aliphatic rings. The lowest BCUT2D eigenvalue weighted by Crippen LogP contribution is -2.36. The molecule has 2 heterocycles. The van der Waals surface area contributed by atoms with E-state index < -0.39 is 0 Å². The van der Waals surface area contributed by atoms with Crippen molar-refractivity contribution in [3.8, 4) is 0 Å². The number of hydrogen-bond acceptors (Lipinski definition) is 3. The Hall–Kier alpha value is -2.10. The minimum Gasteiger partial charge on any atom is -0.352 e. The maximum atomic E-state index is 11.8. The van der Waals surface area contributed by atoms with Gasteiger partial charge in [0.25, 0.3) is 0 Å². The number of likely N-dealkylation sites (tertiary alicyclic amines) is 1. The quantitative estimate of drug-likeness (QED) is 0.356. The molecule has 3 rings (SSSR count). The molecule has 8 heteroatoms. The molecule has 1 fully saturated rings. The molecule has 158 valence electrons. The molecule has 2 N–H and O–H groups in total. The van der Waals surface area contributed by atoms with Crippen LogP contribution < -0.4 is 10.6 Å². The van der Waals surface area contributed by atoms with Crippen molar-refractivity contribution in [2.75, 3.05) is 13.6 Å². The predicted octanol–water partition coefficient (Wildman–Crippen LogP) is 2.64. The van der Waals surface area contributed by atoms with Crippen molar-refractivity contribution in [1.29, 1.82) is 0 Å². The largest absolute Gasteiger partial charge is 0.352 e. The minimum atomic E-state index is 0. The van der Waals surface area contributed by atoms with Crippen LogP contribution in [0.15, 0.2) is 29.3 Å². The molecule has 0 saturated carbocycles. The van der Waals surface area contributed by atoms with Crippen LogP contribution in [0.1, 0.15) is 40.9 Å². The highest BCUT2D eigenvalue weighted by molar-refractivity contribution is 14.0. The Morgan fingerprint density at radius 3 is 2.34 bits per heavy atom. The summed E-state index contributed by atoms with van der Waals surface area (Å²) in [5, 5.41) is 11.2. The Morgan fingerprint density at radius 2 is 1.79 bits per heavy atom. The number of aryl methyl sites for hydroxylation is 2. The fraction of sp³-hybridized carbons (Fsp3) is 0.476. The molecule has 29 heavy (non-hydrogen) atoms. The standard InChI is InChI=1S/C21H30N6O.HI/c1-15-19(16(2)26(4)25-15)13-24-21(22-3)23-12-17-7-9-18(10-8-17)14-27-11-5-6-20(27)28;/h7-10H,5-6,11-14H2,1-4H3,(H2,22,23,24);1H. The molecule has 1 saturated heterocycles. The normalized spacial score (nSPS) is 14.1. The number of aliphatic imine (C=N–C) groups is 1. The summed E-state index contributed by atoms with van der Waals surface area (Å²) in [6.45, 7) is 7.06. The van der Waals surface area contributed by atoms with Crippen molar-refractivity contribution < 1.29 is 4.79 Å². The van der Waals surface area contributed by atoms with E-state index in [0.29, 0.717) is 26.1 Å².